The molecule has 9 heteroatoms. The maximum absolute atomic E-state index is 13.2. The molecule has 1 fully saturated rings. The van der Waals surface area contributed by atoms with Crippen LogP contribution >= 0.6 is 11.3 Å². The molecule has 0 N–H and O–H groups in total. The third-order valence-electron chi connectivity index (χ3n) is 5.96. The molecule has 2 aromatic heterocycles. The summed E-state index contributed by atoms with van der Waals surface area (Å²) in [6, 6.07) is 12.9. The van der Waals surface area contributed by atoms with Crippen molar-refractivity contribution in [3.63, 3.8) is 0 Å². The molecule has 1 aliphatic heterocycles. The first-order valence-corrected chi connectivity index (χ1v) is 13.0. The van der Waals surface area contributed by atoms with Crippen molar-refractivity contribution in [2.75, 3.05) is 26.2 Å². The van der Waals surface area contributed by atoms with Gasteiger partial charge in [-0.1, -0.05) is 30.3 Å². The summed E-state index contributed by atoms with van der Waals surface area (Å²) in [6.07, 6.45) is 5.36. The SMILES string of the molecule is Cc1cn2c(/C=C/C(=O)N3CCN(S(=O)(=O)c4ccc5ccccc5c4)CC3)c(C)nc2s1. The highest BCUT2D eigenvalue weighted by Gasteiger charge is 2.29. The second-order valence-corrected chi connectivity index (χ2v) is 11.3. The van der Waals surface area contributed by atoms with Crippen molar-refractivity contribution >= 4 is 49.1 Å². The van der Waals surface area contributed by atoms with E-state index in [4.69, 9.17) is 0 Å². The Kier molecular flexibility index (Phi) is 5.55. The number of benzene rings is 2. The van der Waals surface area contributed by atoms with Gasteiger partial charge < -0.3 is 4.90 Å². The van der Waals surface area contributed by atoms with Gasteiger partial charge in [0.05, 0.1) is 16.3 Å². The van der Waals surface area contributed by atoms with E-state index in [1.807, 2.05) is 54.8 Å². The highest BCUT2D eigenvalue weighted by molar-refractivity contribution is 7.89. The van der Waals surface area contributed by atoms with Crippen LogP contribution in [-0.4, -0.2) is 59.1 Å². The van der Waals surface area contributed by atoms with Gasteiger partial charge in [-0.05, 0) is 42.8 Å². The molecule has 0 unspecified atom stereocenters. The van der Waals surface area contributed by atoms with E-state index in [9.17, 15) is 13.2 Å². The van der Waals surface area contributed by atoms with E-state index in [0.717, 1.165) is 32.0 Å². The zero-order chi connectivity index (χ0) is 23.2. The molecule has 0 spiro atoms. The van der Waals surface area contributed by atoms with Gasteiger partial charge in [-0.15, -0.1) is 11.3 Å². The van der Waals surface area contributed by atoms with Crippen molar-refractivity contribution in [1.82, 2.24) is 18.6 Å². The van der Waals surface area contributed by atoms with Crippen LogP contribution in [0.15, 0.2) is 59.6 Å². The summed E-state index contributed by atoms with van der Waals surface area (Å²) in [5.74, 6) is -0.126. The van der Waals surface area contributed by atoms with Crippen molar-refractivity contribution in [2.24, 2.45) is 0 Å². The zero-order valence-electron chi connectivity index (χ0n) is 18.4. The third-order valence-corrected chi connectivity index (χ3v) is 8.75. The monoisotopic (exact) mass is 480 g/mol. The molecule has 2 aromatic carbocycles. The largest absolute Gasteiger partial charge is 0.337 e. The summed E-state index contributed by atoms with van der Waals surface area (Å²) in [4.78, 5) is 21.3. The molecule has 0 radical (unpaired) electrons. The van der Waals surface area contributed by atoms with Crippen LogP contribution in [0.2, 0.25) is 0 Å². The smallest absolute Gasteiger partial charge is 0.246 e. The molecule has 5 rings (SSSR count). The Morgan fingerprint density at radius 2 is 1.76 bits per heavy atom. The molecule has 170 valence electrons. The minimum Gasteiger partial charge on any atom is -0.337 e. The molecule has 0 saturated carbocycles. The number of amides is 1. The number of rotatable bonds is 4. The molecule has 1 aliphatic rings. The van der Waals surface area contributed by atoms with Crippen LogP contribution in [0.3, 0.4) is 0 Å². The zero-order valence-corrected chi connectivity index (χ0v) is 20.1. The summed E-state index contributed by atoms with van der Waals surface area (Å²) in [5.41, 5.74) is 1.76. The molecule has 33 heavy (non-hydrogen) atoms. The fourth-order valence-electron chi connectivity index (χ4n) is 4.16. The fourth-order valence-corrected chi connectivity index (χ4v) is 6.50. The number of carbonyl (C=O) groups is 1. The Bertz CT molecular complexity index is 1490. The van der Waals surface area contributed by atoms with E-state index in [-0.39, 0.29) is 23.9 Å². The summed E-state index contributed by atoms with van der Waals surface area (Å²) >= 11 is 1.61. The Morgan fingerprint density at radius 3 is 2.52 bits per heavy atom. The quantitative estimate of drug-likeness (QED) is 0.418. The number of hydrogen-bond acceptors (Lipinski definition) is 5. The number of aromatic nitrogens is 2. The fraction of sp³-hybridized carbons (Fsp3) is 0.250. The van der Waals surface area contributed by atoms with Crippen molar-refractivity contribution in [3.05, 3.63) is 71.0 Å². The lowest BCUT2D eigenvalue weighted by atomic mass is 10.1. The minimum absolute atomic E-state index is 0.126. The molecule has 7 nitrogen and oxygen atoms in total. The Labute approximate surface area is 196 Å². The van der Waals surface area contributed by atoms with Gasteiger partial charge in [-0.3, -0.25) is 9.20 Å². The van der Waals surface area contributed by atoms with Crippen molar-refractivity contribution in [2.45, 2.75) is 18.7 Å². The Balaban J connectivity index is 1.27. The molecule has 3 heterocycles. The van der Waals surface area contributed by atoms with Gasteiger partial charge >= 0.3 is 0 Å². The number of nitrogens with zero attached hydrogens (tertiary/aromatic N) is 4. The predicted molar refractivity (Wildman–Crippen MR) is 131 cm³/mol. The molecule has 0 aliphatic carbocycles. The second-order valence-electron chi connectivity index (χ2n) is 8.15. The van der Waals surface area contributed by atoms with Gasteiger partial charge in [0, 0.05) is 43.3 Å². The number of thiazole rings is 1. The second kappa shape index (κ2) is 8.40. The first-order valence-electron chi connectivity index (χ1n) is 10.7. The van der Waals surface area contributed by atoms with Crippen molar-refractivity contribution < 1.29 is 13.2 Å². The first-order chi connectivity index (χ1) is 15.8. The molecule has 1 amide bonds. The van der Waals surface area contributed by atoms with Crippen molar-refractivity contribution in [3.8, 4) is 0 Å². The standard InChI is InChI=1S/C24H24N4O3S2/c1-17-16-28-22(18(2)25-24(28)32-17)9-10-23(29)26-11-13-27(14-12-26)33(30,31)21-8-7-19-5-3-4-6-20(19)15-21/h3-10,15-16H,11-14H2,1-2H3/b10-9+. The van der Waals surface area contributed by atoms with Crippen LogP contribution in [0.25, 0.3) is 21.8 Å². The molecular weight excluding hydrogens is 456 g/mol. The van der Waals surface area contributed by atoms with Crippen LogP contribution in [0.4, 0.5) is 0 Å². The third kappa shape index (κ3) is 4.07. The molecule has 0 bridgehead atoms. The number of piperazine rings is 1. The summed E-state index contributed by atoms with van der Waals surface area (Å²) in [5, 5.41) is 1.89. The summed E-state index contributed by atoms with van der Waals surface area (Å²) in [7, 11) is -3.61. The van der Waals surface area contributed by atoms with Gasteiger partial charge in [0.15, 0.2) is 4.96 Å². The van der Waals surface area contributed by atoms with E-state index in [2.05, 4.69) is 4.98 Å². The Hall–Kier alpha value is -3.01. The average molecular weight is 481 g/mol. The number of aryl methyl sites for hydroxylation is 2. The number of carbonyl (C=O) groups excluding carboxylic acids is 1. The van der Waals surface area contributed by atoms with Gasteiger partial charge in [0.1, 0.15) is 0 Å². The van der Waals surface area contributed by atoms with E-state index in [0.29, 0.717) is 13.1 Å². The molecular formula is C24H24N4O3S2. The summed E-state index contributed by atoms with van der Waals surface area (Å²) < 4.78 is 29.8. The van der Waals surface area contributed by atoms with E-state index in [1.165, 1.54) is 4.31 Å². The highest BCUT2D eigenvalue weighted by Crippen LogP contribution is 2.24. The van der Waals surface area contributed by atoms with E-state index < -0.39 is 10.0 Å². The van der Waals surface area contributed by atoms with Crippen LogP contribution in [0.1, 0.15) is 16.3 Å². The van der Waals surface area contributed by atoms with E-state index >= 15 is 0 Å². The molecule has 1 saturated heterocycles. The first kappa shape index (κ1) is 21.8. The number of imidazole rings is 1. The molecule has 4 aromatic rings. The highest BCUT2D eigenvalue weighted by atomic mass is 32.2. The number of sulfonamides is 1. The van der Waals surface area contributed by atoms with Gasteiger partial charge in [-0.25, -0.2) is 13.4 Å². The summed E-state index contributed by atoms with van der Waals surface area (Å²) in [6.45, 7) is 5.21. The van der Waals surface area contributed by atoms with Crippen LogP contribution < -0.4 is 0 Å². The van der Waals surface area contributed by atoms with Crippen LogP contribution in [-0.2, 0) is 14.8 Å². The lowest BCUT2D eigenvalue weighted by Gasteiger charge is -2.33. The maximum Gasteiger partial charge on any atom is 0.246 e. The van der Waals surface area contributed by atoms with Gasteiger partial charge in [0.25, 0.3) is 0 Å². The average Bonchev–Trinajstić information content (AvgIpc) is 3.31. The minimum atomic E-state index is -3.61. The van der Waals surface area contributed by atoms with Gasteiger partial charge in [0.2, 0.25) is 15.9 Å². The topological polar surface area (TPSA) is 75.0 Å². The van der Waals surface area contributed by atoms with Gasteiger partial charge in [-0.2, -0.15) is 4.31 Å². The lowest BCUT2D eigenvalue weighted by molar-refractivity contribution is -0.127. The Morgan fingerprint density at radius 1 is 1.03 bits per heavy atom. The number of hydrogen-bond donors (Lipinski definition) is 0. The lowest BCUT2D eigenvalue weighted by Crippen LogP contribution is -2.50. The van der Waals surface area contributed by atoms with Crippen molar-refractivity contribution in [1.29, 1.82) is 0 Å². The maximum atomic E-state index is 13.2. The van der Waals surface area contributed by atoms with Crippen LogP contribution in [0, 0.1) is 13.8 Å². The van der Waals surface area contributed by atoms with Crippen LogP contribution in [0.5, 0.6) is 0 Å². The van der Waals surface area contributed by atoms with E-state index in [1.54, 1.807) is 40.5 Å². The number of fused-ring (bicyclic) bond motifs is 2. The normalized spacial score (nSPS) is 15.8. The predicted octanol–water partition coefficient (Wildman–Crippen LogP) is 3.71. The molecule has 0 atom stereocenters.